The lowest BCUT2D eigenvalue weighted by molar-refractivity contribution is -0.148. The van der Waals surface area contributed by atoms with Gasteiger partial charge in [0.25, 0.3) is 0 Å². The minimum atomic E-state index is -0.788. The van der Waals surface area contributed by atoms with Crippen molar-refractivity contribution in [3.8, 4) is 0 Å². The molecule has 2 atom stereocenters. The standard InChI is InChI=1S/C14H24N2O4/c1-3-14(12(17)18)6-8-16(10-14)13(19)15-7-4-5-11(9-15)20-2/h11H,3-10H2,1-2H3,(H,17,18). The summed E-state index contributed by atoms with van der Waals surface area (Å²) in [6, 6.07) is -0.0386. The molecule has 6 nitrogen and oxygen atoms in total. The summed E-state index contributed by atoms with van der Waals surface area (Å²) in [5.74, 6) is -0.788. The number of hydrogen-bond acceptors (Lipinski definition) is 3. The number of rotatable bonds is 3. The van der Waals surface area contributed by atoms with E-state index in [4.69, 9.17) is 4.74 Å². The third-order valence-electron chi connectivity index (χ3n) is 4.74. The van der Waals surface area contributed by atoms with E-state index in [-0.39, 0.29) is 12.1 Å². The van der Waals surface area contributed by atoms with Crippen LogP contribution in [-0.2, 0) is 9.53 Å². The van der Waals surface area contributed by atoms with Gasteiger partial charge in [-0.05, 0) is 25.7 Å². The van der Waals surface area contributed by atoms with Crippen LogP contribution < -0.4 is 0 Å². The highest BCUT2D eigenvalue weighted by atomic mass is 16.5. The zero-order valence-electron chi connectivity index (χ0n) is 12.3. The van der Waals surface area contributed by atoms with Gasteiger partial charge in [-0.1, -0.05) is 6.92 Å². The molecule has 2 unspecified atom stereocenters. The Hall–Kier alpha value is -1.30. The molecule has 0 aromatic carbocycles. The number of aliphatic carboxylic acids is 1. The average Bonchev–Trinajstić information content (AvgIpc) is 2.92. The molecule has 0 bridgehead atoms. The summed E-state index contributed by atoms with van der Waals surface area (Å²) in [4.78, 5) is 27.4. The van der Waals surface area contributed by atoms with Gasteiger partial charge in [0.05, 0.1) is 11.5 Å². The monoisotopic (exact) mass is 284 g/mol. The van der Waals surface area contributed by atoms with Gasteiger partial charge >= 0.3 is 12.0 Å². The largest absolute Gasteiger partial charge is 0.481 e. The summed E-state index contributed by atoms with van der Waals surface area (Å²) in [5, 5.41) is 9.38. The average molecular weight is 284 g/mol. The van der Waals surface area contributed by atoms with Crippen molar-refractivity contribution >= 4 is 12.0 Å². The molecule has 0 spiro atoms. The van der Waals surface area contributed by atoms with Crippen LogP contribution >= 0.6 is 0 Å². The van der Waals surface area contributed by atoms with Crippen LogP contribution in [0.15, 0.2) is 0 Å². The smallest absolute Gasteiger partial charge is 0.320 e. The van der Waals surface area contributed by atoms with E-state index in [2.05, 4.69) is 0 Å². The molecule has 2 saturated heterocycles. The summed E-state index contributed by atoms with van der Waals surface area (Å²) in [5.41, 5.74) is -0.758. The summed E-state index contributed by atoms with van der Waals surface area (Å²) in [6.45, 7) is 4.09. The van der Waals surface area contributed by atoms with Gasteiger partial charge in [-0.25, -0.2) is 4.79 Å². The van der Waals surface area contributed by atoms with Gasteiger partial charge in [0.15, 0.2) is 0 Å². The number of carboxylic acid groups (broad SMARTS) is 1. The van der Waals surface area contributed by atoms with Gasteiger partial charge in [-0.2, -0.15) is 0 Å². The van der Waals surface area contributed by atoms with Crippen molar-refractivity contribution < 1.29 is 19.4 Å². The number of ether oxygens (including phenoxy) is 1. The SMILES string of the molecule is CCC1(C(=O)O)CCN(C(=O)N2CCCC(OC)C2)C1. The van der Waals surface area contributed by atoms with E-state index in [9.17, 15) is 14.7 Å². The van der Waals surface area contributed by atoms with Crippen LogP contribution in [0.25, 0.3) is 0 Å². The number of likely N-dealkylation sites (tertiary alicyclic amines) is 2. The molecule has 20 heavy (non-hydrogen) atoms. The number of urea groups is 1. The molecule has 2 aliphatic heterocycles. The molecule has 2 rings (SSSR count). The lowest BCUT2D eigenvalue weighted by atomic mass is 9.84. The Morgan fingerprint density at radius 3 is 2.65 bits per heavy atom. The van der Waals surface area contributed by atoms with E-state index in [0.717, 1.165) is 19.4 Å². The first-order chi connectivity index (χ1) is 9.52. The zero-order chi connectivity index (χ0) is 14.8. The Morgan fingerprint density at radius 1 is 1.35 bits per heavy atom. The lowest BCUT2D eigenvalue weighted by Gasteiger charge is -2.35. The Balaban J connectivity index is 1.99. The molecule has 0 aliphatic carbocycles. The normalized spacial score (nSPS) is 30.6. The predicted octanol–water partition coefficient (Wildman–Crippen LogP) is 1.40. The third-order valence-corrected chi connectivity index (χ3v) is 4.74. The van der Waals surface area contributed by atoms with Gasteiger partial charge < -0.3 is 19.6 Å². The number of piperidine rings is 1. The van der Waals surface area contributed by atoms with Crippen molar-refractivity contribution in [3.63, 3.8) is 0 Å². The predicted molar refractivity (Wildman–Crippen MR) is 73.5 cm³/mol. The first-order valence-electron chi connectivity index (χ1n) is 7.32. The molecule has 1 N–H and O–H groups in total. The van der Waals surface area contributed by atoms with Crippen molar-refractivity contribution in [1.29, 1.82) is 0 Å². The van der Waals surface area contributed by atoms with Crippen molar-refractivity contribution in [2.24, 2.45) is 5.41 Å². The highest BCUT2D eigenvalue weighted by Crippen LogP contribution is 2.34. The molecule has 0 aromatic heterocycles. The molecule has 0 radical (unpaired) electrons. The molecular formula is C14H24N2O4. The number of hydrogen-bond donors (Lipinski definition) is 1. The van der Waals surface area contributed by atoms with Crippen LogP contribution in [0.1, 0.15) is 32.6 Å². The van der Waals surface area contributed by atoms with Crippen molar-refractivity contribution in [2.45, 2.75) is 38.7 Å². The summed E-state index contributed by atoms with van der Waals surface area (Å²) < 4.78 is 5.33. The van der Waals surface area contributed by atoms with E-state index >= 15 is 0 Å². The Morgan fingerprint density at radius 2 is 2.10 bits per heavy atom. The fraction of sp³-hybridized carbons (Fsp3) is 0.857. The number of carboxylic acids is 1. The van der Waals surface area contributed by atoms with Crippen LogP contribution in [0.5, 0.6) is 0 Å². The number of amides is 2. The number of methoxy groups -OCH3 is 1. The molecule has 2 fully saturated rings. The van der Waals surface area contributed by atoms with E-state index in [0.29, 0.717) is 32.5 Å². The maximum absolute atomic E-state index is 12.5. The second-order valence-electron chi connectivity index (χ2n) is 5.84. The fourth-order valence-corrected chi connectivity index (χ4v) is 3.15. The second-order valence-corrected chi connectivity index (χ2v) is 5.84. The highest BCUT2D eigenvalue weighted by molar-refractivity contribution is 5.79. The van der Waals surface area contributed by atoms with E-state index < -0.39 is 11.4 Å². The highest BCUT2D eigenvalue weighted by Gasteiger charge is 2.45. The van der Waals surface area contributed by atoms with Gasteiger partial charge in [-0.15, -0.1) is 0 Å². The summed E-state index contributed by atoms with van der Waals surface area (Å²) in [7, 11) is 1.67. The Bertz CT molecular complexity index is 387. The number of carbonyl (C=O) groups is 2. The molecule has 2 heterocycles. The molecule has 6 heteroatoms. The third kappa shape index (κ3) is 2.75. The van der Waals surface area contributed by atoms with E-state index in [1.54, 1.807) is 16.9 Å². The van der Waals surface area contributed by atoms with Crippen LogP contribution in [0.2, 0.25) is 0 Å². The molecule has 2 amide bonds. The zero-order valence-corrected chi connectivity index (χ0v) is 12.3. The van der Waals surface area contributed by atoms with E-state index in [1.165, 1.54) is 0 Å². The second kappa shape index (κ2) is 5.99. The van der Waals surface area contributed by atoms with Crippen LogP contribution in [0, 0.1) is 5.41 Å². The topological polar surface area (TPSA) is 70.1 Å². The maximum Gasteiger partial charge on any atom is 0.320 e. The quantitative estimate of drug-likeness (QED) is 0.850. The summed E-state index contributed by atoms with van der Waals surface area (Å²) >= 11 is 0. The van der Waals surface area contributed by atoms with Crippen molar-refractivity contribution in [1.82, 2.24) is 9.80 Å². The first kappa shape index (κ1) is 15.1. The van der Waals surface area contributed by atoms with Crippen molar-refractivity contribution in [2.75, 3.05) is 33.3 Å². The molecule has 2 aliphatic rings. The Labute approximate surface area is 119 Å². The fourth-order valence-electron chi connectivity index (χ4n) is 3.15. The Kier molecular flexibility index (Phi) is 4.52. The minimum absolute atomic E-state index is 0.0386. The molecular weight excluding hydrogens is 260 g/mol. The summed E-state index contributed by atoms with van der Waals surface area (Å²) in [6.07, 6.45) is 3.13. The first-order valence-corrected chi connectivity index (χ1v) is 7.32. The molecule has 114 valence electrons. The minimum Gasteiger partial charge on any atom is -0.481 e. The van der Waals surface area contributed by atoms with Crippen LogP contribution in [-0.4, -0.2) is 66.3 Å². The maximum atomic E-state index is 12.5. The van der Waals surface area contributed by atoms with Gasteiger partial charge in [-0.3, -0.25) is 4.79 Å². The molecule has 0 aromatic rings. The number of carbonyl (C=O) groups excluding carboxylic acids is 1. The van der Waals surface area contributed by atoms with Crippen molar-refractivity contribution in [3.05, 3.63) is 0 Å². The van der Waals surface area contributed by atoms with Gasteiger partial charge in [0.1, 0.15) is 0 Å². The lowest BCUT2D eigenvalue weighted by Crippen LogP contribution is -2.49. The number of nitrogens with zero attached hydrogens (tertiary/aromatic N) is 2. The van der Waals surface area contributed by atoms with E-state index in [1.807, 2.05) is 6.92 Å². The molecule has 0 saturated carbocycles. The van der Waals surface area contributed by atoms with Gasteiger partial charge in [0.2, 0.25) is 0 Å². The van der Waals surface area contributed by atoms with Gasteiger partial charge in [0, 0.05) is 33.3 Å². The van der Waals surface area contributed by atoms with Crippen LogP contribution in [0.3, 0.4) is 0 Å². The van der Waals surface area contributed by atoms with Crippen LogP contribution in [0.4, 0.5) is 4.79 Å².